The van der Waals surface area contributed by atoms with Crippen molar-refractivity contribution < 1.29 is 19.4 Å². The minimum absolute atomic E-state index is 0.141. The molecule has 0 bridgehead atoms. The highest BCUT2D eigenvalue weighted by atomic mass is 28.4. The number of nitrogens with one attached hydrogen (secondary N) is 1. The lowest BCUT2D eigenvalue weighted by Gasteiger charge is -2.36. The first kappa shape index (κ1) is 16.4. The van der Waals surface area contributed by atoms with Gasteiger partial charge in [-0.1, -0.05) is 20.8 Å². The Hall–Kier alpha value is -0.593. The maximum atomic E-state index is 10.4. The summed E-state index contributed by atoms with van der Waals surface area (Å²) in [6, 6.07) is -0.447. The molecule has 0 aromatic rings. The number of rotatable bonds is 6. The SMILES string of the molecule is CC(C)(C)[Si](C)(C)OCCC(CO)NC(=O)O. The smallest absolute Gasteiger partial charge is 0.404 e. The van der Waals surface area contributed by atoms with E-state index in [1.54, 1.807) is 0 Å². The van der Waals surface area contributed by atoms with Crippen molar-refractivity contribution in [2.24, 2.45) is 0 Å². The molecule has 0 aliphatic carbocycles. The van der Waals surface area contributed by atoms with Gasteiger partial charge in [-0.3, -0.25) is 0 Å². The molecule has 0 aromatic heterocycles. The van der Waals surface area contributed by atoms with Gasteiger partial charge in [-0.15, -0.1) is 0 Å². The van der Waals surface area contributed by atoms with Crippen molar-refractivity contribution in [2.75, 3.05) is 13.2 Å². The molecule has 6 heteroatoms. The molecule has 3 N–H and O–H groups in total. The van der Waals surface area contributed by atoms with Crippen LogP contribution in [0.1, 0.15) is 27.2 Å². The lowest BCUT2D eigenvalue weighted by molar-refractivity contribution is 0.167. The Bertz CT molecular complexity index is 250. The fourth-order valence-corrected chi connectivity index (χ4v) is 2.12. The summed E-state index contributed by atoms with van der Waals surface area (Å²) in [6.07, 6.45) is -0.619. The number of aliphatic hydroxyl groups is 1. The van der Waals surface area contributed by atoms with Gasteiger partial charge in [-0.25, -0.2) is 4.79 Å². The van der Waals surface area contributed by atoms with Crippen molar-refractivity contribution in [2.45, 2.75) is 51.4 Å². The molecule has 0 fully saturated rings. The van der Waals surface area contributed by atoms with Crippen LogP contribution in [0.2, 0.25) is 18.1 Å². The monoisotopic (exact) mass is 263 g/mol. The van der Waals surface area contributed by atoms with E-state index in [0.29, 0.717) is 13.0 Å². The molecule has 0 spiro atoms. The molecule has 102 valence electrons. The number of hydrogen-bond donors (Lipinski definition) is 3. The highest BCUT2D eigenvalue weighted by molar-refractivity contribution is 6.74. The average molecular weight is 263 g/mol. The number of aliphatic hydroxyl groups excluding tert-OH is 1. The minimum atomic E-state index is -1.78. The van der Waals surface area contributed by atoms with Crippen molar-refractivity contribution in [1.29, 1.82) is 0 Å². The van der Waals surface area contributed by atoms with E-state index in [9.17, 15) is 4.79 Å². The molecule has 0 radical (unpaired) electrons. The quantitative estimate of drug-likeness (QED) is 0.641. The minimum Gasteiger partial charge on any atom is -0.465 e. The summed E-state index contributed by atoms with van der Waals surface area (Å²) >= 11 is 0. The third-order valence-corrected chi connectivity index (χ3v) is 7.82. The molecular formula is C11H25NO4Si. The molecule has 17 heavy (non-hydrogen) atoms. The summed E-state index contributed by atoms with van der Waals surface area (Å²) in [7, 11) is -1.78. The van der Waals surface area contributed by atoms with Gasteiger partial charge >= 0.3 is 6.09 Å². The first-order chi connectivity index (χ1) is 7.60. The van der Waals surface area contributed by atoms with E-state index >= 15 is 0 Å². The molecular weight excluding hydrogens is 238 g/mol. The van der Waals surface area contributed by atoms with E-state index < -0.39 is 20.5 Å². The second kappa shape index (κ2) is 6.37. The molecule has 0 heterocycles. The van der Waals surface area contributed by atoms with Crippen molar-refractivity contribution >= 4 is 14.4 Å². The van der Waals surface area contributed by atoms with Crippen LogP contribution in [0.3, 0.4) is 0 Å². The zero-order valence-electron chi connectivity index (χ0n) is 11.4. The molecule has 1 atom stereocenters. The third-order valence-electron chi connectivity index (χ3n) is 3.28. The average Bonchev–Trinajstić information content (AvgIpc) is 2.13. The fourth-order valence-electron chi connectivity index (χ4n) is 1.06. The second-order valence-electron chi connectivity index (χ2n) is 5.73. The zero-order chi connectivity index (χ0) is 13.7. The topological polar surface area (TPSA) is 78.8 Å². The molecule has 0 aromatic carbocycles. The molecule has 0 rings (SSSR count). The van der Waals surface area contributed by atoms with Gasteiger partial charge in [-0.2, -0.15) is 0 Å². The standard InChI is InChI=1S/C11H25NO4Si/c1-11(2,3)17(4,5)16-7-6-9(8-13)12-10(14)15/h9,12-13H,6-8H2,1-5H3,(H,14,15). The van der Waals surface area contributed by atoms with Crippen molar-refractivity contribution in [3.8, 4) is 0 Å². The predicted molar refractivity (Wildman–Crippen MR) is 69.8 cm³/mol. The highest BCUT2D eigenvalue weighted by Gasteiger charge is 2.37. The summed E-state index contributed by atoms with van der Waals surface area (Å²) in [6.45, 7) is 11.0. The van der Waals surface area contributed by atoms with E-state index in [-0.39, 0.29) is 11.6 Å². The first-order valence-corrected chi connectivity index (χ1v) is 8.75. The molecule has 0 saturated carbocycles. The second-order valence-corrected chi connectivity index (χ2v) is 10.5. The summed E-state index contributed by atoms with van der Waals surface area (Å²) in [5, 5.41) is 19.9. The zero-order valence-corrected chi connectivity index (χ0v) is 12.4. The number of carbonyl (C=O) groups is 1. The first-order valence-electron chi connectivity index (χ1n) is 5.84. The summed E-state index contributed by atoms with van der Waals surface area (Å²) in [5.74, 6) is 0. The van der Waals surface area contributed by atoms with Gasteiger partial charge in [0.25, 0.3) is 0 Å². The van der Waals surface area contributed by atoms with Crippen LogP contribution in [0.15, 0.2) is 0 Å². The van der Waals surface area contributed by atoms with E-state index in [1.807, 2.05) is 0 Å². The molecule has 0 saturated heterocycles. The summed E-state index contributed by atoms with van der Waals surface area (Å²) in [4.78, 5) is 10.4. The van der Waals surface area contributed by atoms with Crippen molar-refractivity contribution in [3.63, 3.8) is 0 Å². The Balaban J connectivity index is 4.09. The van der Waals surface area contributed by atoms with Gasteiger partial charge < -0.3 is 20.0 Å². The van der Waals surface area contributed by atoms with Crippen LogP contribution >= 0.6 is 0 Å². The summed E-state index contributed by atoms with van der Waals surface area (Å²) < 4.78 is 5.90. The lowest BCUT2D eigenvalue weighted by Crippen LogP contribution is -2.43. The van der Waals surface area contributed by atoms with Crippen LogP contribution in [0.25, 0.3) is 0 Å². The maximum Gasteiger partial charge on any atom is 0.404 e. The van der Waals surface area contributed by atoms with Gasteiger partial charge in [-0.05, 0) is 24.6 Å². The molecule has 1 unspecified atom stereocenters. The van der Waals surface area contributed by atoms with Gasteiger partial charge in [0.1, 0.15) is 0 Å². The Labute approximate surface area is 104 Å². The molecule has 0 aliphatic rings. The Morgan fingerprint density at radius 1 is 1.41 bits per heavy atom. The van der Waals surface area contributed by atoms with Gasteiger partial charge in [0.2, 0.25) is 0 Å². The predicted octanol–water partition coefficient (Wildman–Crippen LogP) is 2.03. The molecule has 5 nitrogen and oxygen atoms in total. The van der Waals surface area contributed by atoms with Crippen molar-refractivity contribution in [1.82, 2.24) is 5.32 Å². The molecule has 0 aliphatic heterocycles. The van der Waals surface area contributed by atoms with Gasteiger partial charge in [0.05, 0.1) is 12.6 Å². The lowest BCUT2D eigenvalue weighted by atomic mass is 10.2. The summed E-state index contributed by atoms with van der Waals surface area (Å²) in [5.41, 5.74) is 0. The van der Waals surface area contributed by atoms with E-state index in [0.717, 1.165) is 0 Å². The third kappa shape index (κ3) is 6.04. The largest absolute Gasteiger partial charge is 0.465 e. The van der Waals surface area contributed by atoms with E-state index in [1.165, 1.54) is 0 Å². The normalized spacial score (nSPS) is 14.5. The Kier molecular flexibility index (Phi) is 6.15. The van der Waals surface area contributed by atoms with Crippen LogP contribution in [0, 0.1) is 0 Å². The highest BCUT2D eigenvalue weighted by Crippen LogP contribution is 2.36. The van der Waals surface area contributed by atoms with Gasteiger partial charge in [0, 0.05) is 6.61 Å². The van der Waals surface area contributed by atoms with Crippen LogP contribution in [0.5, 0.6) is 0 Å². The van der Waals surface area contributed by atoms with Crippen LogP contribution in [-0.2, 0) is 4.43 Å². The fraction of sp³-hybridized carbons (Fsp3) is 0.909. The van der Waals surface area contributed by atoms with Crippen LogP contribution in [-0.4, -0.2) is 43.9 Å². The van der Waals surface area contributed by atoms with Crippen LogP contribution in [0.4, 0.5) is 4.79 Å². The van der Waals surface area contributed by atoms with Gasteiger partial charge in [0.15, 0.2) is 8.32 Å². The van der Waals surface area contributed by atoms with Crippen molar-refractivity contribution in [3.05, 3.63) is 0 Å². The van der Waals surface area contributed by atoms with Crippen LogP contribution < -0.4 is 5.32 Å². The number of amides is 1. The Morgan fingerprint density at radius 3 is 2.29 bits per heavy atom. The number of hydrogen-bond acceptors (Lipinski definition) is 3. The Morgan fingerprint density at radius 2 is 1.94 bits per heavy atom. The van der Waals surface area contributed by atoms with E-state index in [2.05, 4.69) is 39.2 Å². The maximum absolute atomic E-state index is 10.4. The number of carboxylic acid groups (broad SMARTS) is 1. The molecule has 1 amide bonds. The van der Waals surface area contributed by atoms with E-state index in [4.69, 9.17) is 14.6 Å².